The molecule has 3 amide bonds. The molecule has 0 atom stereocenters. The van der Waals surface area contributed by atoms with E-state index in [4.69, 9.17) is 52.3 Å². The molecule has 0 saturated carbocycles. The molecule has 0 aromatic heterocycles. The Hall–Kier alpha value is -3.89. The molecule has 1 aliphatic carbocycles. The average Bonchev–Trinajstić information content (AvgIpc) is 3.43. The van der Waals surface area contributed by atoms with Gasteiger partial charge >= 0.3 is 19.5 Å². The number of para-hydroxylation sites is 1. The van der Waals surface area contributed by atoms with Gasteiger partial charge in [0.2, 0.25) is 5.91 Å². The van der Waals surface area contributed by atoms with E-state index >= 15 is 0 Å². The van der Waals surface area contributed by atoms with Crippen LogP contribution >= 0.6 is 30.8 Å². The van der Waals surface area contributed by atoms with Crippen molar-refractivity contribution >= 4 is 71.8 Å². The summed E-state index contributed by atoms with van der Waals surface area (Å²) in [6.45, 7) is 5.88. The van der Waals surface area contributed by atoms with Crippen LogP contribution in [-0.4, -0.2) is 90.3 Å². The van der Waals surface area contributed by atoms with Crippen LogP contribution in [0.4, 0.5) is 15.8 Å². The molecule has 0 radical (unpaired) electrons. The number of aryl methyl sites for hydroxylation is 2. The third-order valence-electron chi connectivity index (χ3n) is 8.49. The van der Waals surface area contributed by atoms with Crippen molar-refractivity contribution in [1.29, 1.82) is 0 Å². The van der Waals surface area contributed by atoms with Gasteiger partial charge in [-0.25, -0.2) is 14.1 Å². The van der Waals surface area contributed by atoms with E-state index in [1.165, 1.54) is 6.07 Å². The van der Waals surface area contributed by atoms with Crippen molar-refractivity contribution in [3.63, 3.8) is 0 Å². The summed E-state index contributed by atoms with van der Waals surface area (Å²) in [5, 5.41) is 9.99. The summed E-state index contributed by atoms with van der Waals surface area (Å²) >= 11 is 11.7. The van der Waals surface area contributed by atoms with Gasteiger partial charge < -0.3 is 29.1 Å². The summed E-state index contributed by atoms with van der Waals surface area (Å²) in [6.07, 6.45) is 6.55. The first-order valence-corrected chi connectivity index (χ1v) is 21.1. The molecule has 0 saturated heterocycles. The number of rotatable bonds is 18. The van der Waals surface area contributed by atoms with Crippen LogP contribution in [0.5, 0.6) is 5.75 Å². The van der Waals surface area contributed by atoms with E-state index in [1.54, 1.807) is 12.0 Å². The van der Waals surface area contributed by atoms with Crippen molar-refractivity contribution < 1.29 is 62.0 Å². The Morgan fingerprint density at radius 2 is 1.60 bits per heavy atom. The Labute approximate surface area is 341 Å². The van der Waals surface area contributed by atoms with Crippen LogP contribution in [0.25, 0.3) is 0 Å². The zero-order chi connectivity index (χ0) is 42.7. The van der Waals surface area contributed by atoms with Crippen molar-refractivity contribution in [2.45, 2.75) is 78.6 Å². The highest BCUT2D eigenvalue weighted by atomic mass is 35.5. The first-order chi connectivity index (χ1) is 27.0. The first-order valence-electron chi connectivity index (χ1n) is 18.4. The second kappa shape index (κ2) is 24.8. The number of carbonyl (C=O) groups excluding carboxylic acids is 4. The number of halogens is 3. The monoisotopic (exact) mass is 861 g/mol. The van der Waals surface area contributed by atoms with E-state index in [2.05, 4.69) is 19.2 Å². The lowest BCUT2D eigenvalue weighted by molar-refractivity contribution is -0.146. The molecule has 2 aromatic rings. The summed E-state index contributed by atoms with van der Waals surface area (Å²) in [5.41, 5.74) is 3.91. The lowest BCUT2D eigenvalue weighted by Gasteiger charge is -2.26. The fourth-order valence-electron chi connectivity index (χ4n) is 5.81. The first kappa shape index (κ1) is 49.3. The number of nitrogens with zero attached hydrogens (tertiary/aromatic N) is 2. The summed E-state index contributed by atoms with van der Waals surface area (Å²) in [5.74, 6) is -3.72. The van der Waals surface area contributed by atoms with E-state index in [-0.39, 0.29) is 35.0 Å². The molecule has 2 aromatic carbocycles. The predicted octanol–water partition coefficient (Wildman–Crippen LogP) is 6.12. The number of benzene rings is 2. The van der Waals surface area contributed by atoms with E-state index in [0.717, 1.165) is 72.7 Å². The maximum atomic E-state index is 14.5. The number of imide groups is 1. The number of carboxylic acids is 1. The van der Waals surface area contributed by atoms with E-state index < -0.39 is 56.6 Å². The van der Waals surface area contributed by atoms with Gasteiger partial charge in [-0.1, -0.05) is 63.4 Å². The number of aliphatic carboxylic acids is 1. The number of ether oxygens (including phenoxy) is 3. The van der Waals surface area contributed by atoms with Gasteiger partial charge in [0.25, 0.3) is 11.8 Å². The Bertz CT molecular complexity index is 1760. The van der Waals surface area contributed by atoms with Crippen LogP contribution in [0.3, 0.4) is 0 Å². The van der Waals surface area contributed by atoms with Crippen molar-refractivity contribution in [3.8, 4) is 5.75 Å². The Balaban J connectivity index is 0.000000340. The summed E-state index contributed by atoms with van der Waals surface area (Å²) < 4.78 is 40.1. The summed E-state index contributed by atoms with van der Waals surface area (Å²) in [4.78, 5) is 77.7. The fraction of sp³-hybridized carbons (Fsp3) is 0.500. The second-order valence-corrected chi connectivity index (χ2v) is 15.0. The van der Waals surface area contributed by atoms with Crippen molar-refractivity contribution in [2.24, 2.45) is 0 Å². The highest BCUT2D eigenvalue weighted by Crippen LogP contribution is 2.39. The number of nitrogens with one attached hydrogen (secondary N) is 1. The van der Waals surface area contributed by atoms with Crippen molar-refractivity contribution in [2.75, 3.05) is 55.6 Å². The van der Waals surface area contributed by atoms with E-state index in [9.17, 15) is 32.9 Å². The molecule has 0 unspecified atom stereocenters. The third kappa shape index (κ3) is 15.4. The van der Waals surface area contributed by atoms with Gasteiger partial charge in [0.05, 0.1) is 35.8 Å². The van der Waals surface area contributed by atoms with E-state index in [0.29, 0.717) is 30.6 Å². The lowest BCUT2D eigenvalue weighted by atomic mass is 9.93. The Kier molecular flexibility index (Phi) is 21.4. The summed E-state index contributed by atoms with van der Waals surface area (Å²) in [7, 11) is -2.52. The predicted molar refractivity (Wildman–Crippen MR) is 213 cm³/mol. The number of hydrogen-bond donors (Lipinski definition) is 4. The normalized spacial score (nSPS) is 13.6. The Morgan fingerprint density at radius 3 is 2.09 bits per heavy atom. The lowest BCUT2D eigenvalue weighted by Crippen LogP contribution is -2.35. The maximum absolute atomic E-state index is 14.5. The molecular formula is C38H51Cl2FN3O12P. The van der Waals surface area contributed by atoms with Crippen LogP contribution in [0.15, 0.2) is 41.5 Å². The molecule has 19 heteroatoms. The van der Waals surface area contributed by atoms with Gasteiger partial charge in [-0.15, -0.1) is 11.6 Å². The number of carbonyl (C=O) groups is 5. The molecule has 15 nitrogen and oxygen atoms in total. The van der Waals surface area contributed by atoms with Crippen LogP contribution in [0.1, 0.15) is 76.8 Å². The second-order valence-electron chi connectivity index (χ2n) is 12.7. The van der Waals surface area contributed by atoms with Gasteiger partial charge in [-0.3, -0.25) is 34.0 Å². The molecule has 0 spiro atoms. The third-order valence-corrected chi connectivity index (χ3v) is 9.65. The minimum Gasteiger partial charge on any atom is -0.480 e. The molecule has 0 bridgehead atoms. The molecule has 2 aliphatic rings. The molecule has 1 heterocycles. The van der Waals surface area contributed by atoms with Crippen molar-refractivity contribution in [1.82, 2.24) is 5.32 Å². The van der Waals surface area contributed by atoms with E-state index in [1.807, 2.05) is 25.1 Å². The molecular weight excluding hydrogens is 811 g/mol. The number of esters is 1. The van der Waals surface area contributed by atoms with Crippen LogP contribution in [-0.2, 0) is 50.9 Å². The minimum atomic E-state index is -4.10. The number of hydrogen-bond acceptors (Lipinski definition) is 10. The number of carboxylic acid groups (broad SMARTS) is 1. The maximum Gasteiger partial charge on any atom is 0.344 e. The topological polar surface area (TPSA) is 209 Å². The van der Waals surface area contributed by atoms with Crippen LogP contribution < -0.4 is 19.9 Å². The van der Waals surface area contributed by atoms with Crippen LogP contribution in [0.2, 0.25) is 5.02 Å². The molecule has 4 rings (SSSR count). The highest BCUT2D eigenvalue weighted by molar-refractivity contribution is 7.51. The number of alkyl halides is 1. The van der Waals surface area contributed by atoms with Gasteiger partial charge in [0.15, 0.2) is 6.61 Å². The smallest absolute Gasteiger partial charge is 0.344 e. The Morgan fingerprint density at radius 1 is 1.00 bits per heavy atom. The van der Waals surface area contributed by atoms with Gasteiger partial charge in [0.1, 0.15) is 24.2 Å². The number of amides is 3. The van der Waals surface area contributed by atoms with Crippen LogP contribution in [0, 0.1) is 5.82 Å². The summed E-state index contributed by atoms with van der Waals surface area (Å²) in [6, 6.07) is 8.25. The highest BCUT2D eigenvalue weighted by Gasteiger charge is 2.41. The zero-order valence-electron chi connectivity index (χ0n) is 32.5. The van der Waals surface area contributed by atoms with Crippen molar-refractivity contribution in [3.05, 3.63) is 63.4 Å². The average molecular weight is 863 g/mol. The molecule has 0 fully saturated rings. The largest absolute Gasteiger partial charge is 0.480 e. The zero-order valence-corrected chi connectivity index (χ0v) is 34.9. The number of anilines is 2. The molecule has 4 N–H and O–H groups in total. The van der Waals surface area contributed by atoms with Gasteiger partial charge in [0, 0.05) is 24.3 Å². The SMILES string of the molecule is CCCCCOC(=O)COc1cc(N2C(=O)C3=C(CCCC3)C2=O)c(F)cc1Cl.CCc1cccc(CC)c1N(COC)C(=O)CCl.O=C(O)CNCP(=O)(O)O. The number of unbranched alkanes of at least 4 members (excludes halogenated alkanes) is 2. The van der Waals surface area contributed by atoms with Gasteiger partial charge in [-0.2, -0.15) is 0 Å². The molecule has 316 valence electrons. The molecule has 57 heavy (non-hydrogen) atoms. The quantitative estimate of drug-likeness (QED) is 0.0333. The minimum absolute atomic E-state index is 0.000883. The molecule has 1 aliphatic heterocycles. The fourth-order valence-corrected chi connectivity index (χ4v) is 6.56. The number of methoxy groups -OCH3 is 1. The standard InChI is InChI=1S/C21H23ClFNO5.C14H20ClNO2.C3H8NO5P/c1-2-3-6-9-28-19(25)12-29-18-11-17(16(23)10-15(18)22)24-20(26)13-7-4-5-8-14(13)21(24)27;1-4-11-7-6-8-12(5-2)14(11)16(10-18-3)13(17)9-15;5-3(6)1-4-2-10(7,8)9/h10-11H,2-9,12H2,1H3;6-8H,4-5,9-10H2,1-3H3;4H,1-2H2,(H,5,6)(H2,7,8,9). The van der Waals surface area contributed by atoms with Gasteiger partial charge in [-0.05, 0) is 62.1 Å².